The van der Waals surface area contributed by atoms with E-state index in [9.17, 15) is 4.79 Å². The molecule has 0 aromatic carbocycles. The minimum atomic E-state index is -0.895. The standard InChI is InChI=1S/C10H16O2/c1-2-3-4-5-6-7-8-9-10(11)12/h6-9H,2-5H2,1H3,(H,11,12). The quantitative estimate of drug-likeness (QED) is 0.376. The first kappa shape index (κ1) is 11.0. The van der Waals surface area contributed by atoms with E-state index >= 15 is 0 Å². The van der Waals surface area contributed by atoms with Crippen LogP contribution in [-0.2, 0) is 4.79 Å². The number of hydrogen-bond acceptors (Lipinski definition) is 1. The smallest absolute Gasteiger partial charge is 0.328 e. The number of carboxylic acid groups (broad SMARTS) is 1. The Morgan fingerprint density at radius 3 is 2.67 bits per heavy atom. The summed E-state index contributed by atoms with van der Waals surface area (Å²) < 4.78 is 0. The summed E-state index contributed by atoms with van der Waals surface area (Å²) in [4.78, 5) is 10.0. The summed E-state index contributed by atoms with van der Waals surface area (Å²) >= 11 is 0. The van der Waals surface area contributed by atoms with Crippen LogP contribution in [0, 0.1) is 0 Å². The highest BCUT2D eigenvalue weighted by atomic mass is 16.4. The molecule has 0 saturated carbocycles. The Morgan fingerprint density at radius 1 is 1.33 bits per heavy atom. The molecule has 0 unspecified atom stereocenters. The molecular weight excluding hydrogens is 152 g/mol. The molecule has 0 amide bonds. The van der Waals surface area contributed by atoms with Crippen molar-refractivity contribution in [1.29, 1.82) is 0 Å². The lowest BCUT2D eigenvalue weighted by molar-refractivity contribution is -0.131. The van der Waals surface area contributed by atoms with Crippen molar-refractivity contribution in [3.8, 4) is 0 Å². The Labute approximate surface area is 73.6 Å². The van der Waals surface area contributed by atoms with Crippen LogP contribution in [0.15, 0.2) is 24.3 Å². The van der Waals surface area contributed by atoms with Gasteiger partial charge in [0.25, 0.3) is 0 Å². The monoisotopic (exact) mass is 168 g/mol. The Bertz CT molecular complexity index is 169. The van der Waals surface area contributed by atoms with Crippen molar-refractivity contribution < 1.29 is 9.90 Å². The average Bonchev–Trinajstić information content (AvgIpc) is 2.02. The molecule has 0 fully saturated rings. The highest BCUT2D eigenvalue weighted by Gasteiger charge is 1.82. The average molecular weight is 168 g/mol. The zero-order chi connectivity index (χ0) is 9.23. The lowest BCUT2D eigenvalue weighted by Crippen LogP contribution is -1.84. The number of allylic oxidation sites excluding steroid dienone is 3. The van der Waals surface area contributed by atoms with Gasteiger partial charge in [-0.3, -0.25) is 0 Å². The Morgan fingerprint density at radius 2 is 2.08 bits per heavy atom. The zero-order valence-corrected chi connectivity index (χ0v) is 7.49. The lowest BCUT2D eigenvalue weighted by atomic mass is 10.2. The second-order valence-corrected chi connectivity index (χ2v) is 2.62. The summed E-state index contributed by atoms with van der Waals surface area (Å²) in [5, 5.41) is 8.23. The van der Waals surface area contributed by atoms with Gasteiger partial charge in [0.05, 0.1) is 0 Å². The molecule has 1 N–H and O–H groups in total. The fourth-order valence-corrected chi connectivity index (χ4v) is 0.825. The number of rotatable bonds is 6. The van der Waals surface area contributed by atoms with Gasteiger partial charge in [-0.25, -0.2) is 4.79 Å². The second-order valence-electron chi connectivity index (χ2n) is 2.62. The van der Waals surface area contributed by atoms with Crippen molar-refractivity contribution in [2.24, 2.45) is 0 Å². The molecule has 2 nitrogen and oxygen atoms in total. The first-order chi connectivity index (χ1) is 5.77. The molecule has 0 aliphatic carbocycles. The summed E-state index contributed by atoms with van der Waals surface area (Å²) in [6.07, 6.45) is 11.2. The molecule has 12 heavy (non-hydrogen) atoms. The topological polar surface area (TPSA) is 37.3 Å². The molecule has 0 rings (SSSR count). The molecular formula is C10H16O2. The Hall–Kier alpha value is -1.05. The van der Waals surface area contributed by atoms with Crippen LogP contribution in [0.3, 0.4) is 0 Å². The van der Waals surface area contributed by atoms with Crippen molar-refractivity contribution >= 4 is 5.97 Å². The predicted octanol–water partition coefficient (Wildman–Crippen LogP) is 2.76. The summed E-state index contributed by atoms with van der Waals surface area (Å²) in [5.74, 6) is -0.895. The van der Waals surface area contributed by atoms with Crippen molar-refractivity contribution in [3.63, 3.8) is 0 Å². The minimum absolute atomic E-state index is 0.895. The fraction of sp³-hybridized carbons (Fsp3) is 0.500. The number of aliphatic carboxylic acids is 1. The molecule has 0 atom stereocenters. The van der Waals surface area contributed by atoms with Crippen molar-refractivity contribution in [1.82, 2.24) is 0 Å². The van der Waals surface area contributed by atoms with Crippen LogP contribution in [0.1, 0.15) is 32.6 Å². The van der Waals surface area contributed by atoms with Gasteiger partial charge in [-0.1, -0.05) is 38.0 Å². The van der Waals surface area contributed by atoms with Gasteiger partial charge in [0.2, 0.25) is 0 Å². The van der Waals surface area contributed by atoms with E-state index in [4.69, 9.17) is 5.11 Å². The predicted molar refractivity (Wildman–Crippen MR) is 50.1 cm³/mol. The van der Waals surface area contributed by atoms with Crippen LogP contribution in [0.5, 0.6) is 0 Å². The van der Waals surface area contributed by atoms with Crippen molar-refractivity contribution in [3.05, 3.63) is 24.3 Å². The third-order valence-corrected chi connectivity index (χ3v) is 1.46. The number of carbonyl (C=O) groups is 1. The van der Waals surface area contributed by atoms with Gasteiger partial charge in [-0.05, 0) is 12.8 Å². The largest absolute Gasteiger partial charge is 0.478 e. The normalized spacial score (nSPS) is 11.4. The van der Waals surface area contributed by atoms with E-state index in [1.807, 2.05) is 6.08 Å². The highest BCUT2D eigenvalue weighted by Crippen LogP contribution is 1.99. The van der Waals surface area contributed by atoms with E-state index in [-0.39, 0.29) is 0 Å². The maximum Gasteiger partial charge on any atom is 0.328 e. The van der Waals surface area contributed by atoms with E-state index in [2.05, 4.69) is 6.92 Å². The summed E-state index contributed by atoms with van der Waals surface area (Å²) in [6, 6.07) is 0. The van der Waals surface area contributed by atoms with Gasteiger partial charge in [0, 0.05) is 6.08 Å². The number of unbranched alkanes of at least 4 members (excludes halogenated alkanes) is 3. The van der Waals surface area contributed by atoms with Crippen LogP contribution in [0.2, 0.25) is 0 Å². The summed E-state index contributed by atoms with van der Waals surface area (Å²) in [5.41, 5.74) is 0. The molecule has 0 bridgehead atoms. The van der Waals surface area contributed by atoms with E-state index < -0.39 is 5.97 Å². The molecule has 68 valence electrons. The molecule has 0 radical (unpaired) electrons. The van der Waals surface area contributed by atoms with Crippen LogP contribution >= 0.6 is 0 Å². The molecule has 0 spiro atoms. The van der Waals surface area contributed by atoms with E-state index in [1.54, 1.807) is 12.2 Å². The maximum absolute atomic E-state index is 10.0. The lowest BCUT2D eigenvalue weighted by Gasteiger charge is -1.89. The van der Waals surface area contributed by atoms with Gasteiger partial charge in [-0.2, -0.15) is 0 Å². The first-order valence-corrected chi connectivity index (χ1v) is 4.33. The molecule has 2 heteroatoms. The second kappa shape index (κ2) is 8.05. The van der Waals surface area contributed by atoms with E-state index in [1.165, 1.54) is 19.3 Å². The van der Waals surface area contributed by atoms with Crippen molar-refractivity contribution in [2.75, 3.05) is 0 Å². The highest BCUT2D eigenvalue weighted by molar-refractivity contribution is 5.80. The molecule has 0 aliphatic rings. The van der Waals surface area contributed by atoms with Gasteiger partial charge in [-0.15, -0.1) is 0 Å². The molecule has 0 heterocycles. The molecule has 0 aromatic rings. The molecule has 0 aromatic heterocycles. The Kier molecular flexibility index (Phi) is 7.35. The molecule has 0 aliphatic heterocycles. The van der Waals surface area contributed by atoms with E-state index in [0.717, 1.165) is 12.5 Å². The fourth-order valence-electron chi connectivity index (χ4n) is 0.825. The third kappa shape index (κ3) is 8.95. The number of hydrogen-bond donors (Lipinski definition) is 1. The van der Waals surface area contributed by atoms with Gasteiger partial charge in [0.15, 0.2) is 0 Å². The maximum atomic E-state index is 10.0. The van der Waals surface area contributed by atoms with Crippen LogP contribution < -0.4 is 0 Å². The first-order valence-electron chi connectivity index (χ1n) is 4.33. The van der Waals surface area contributed by atoms with Gasteiger partial charge >= 0.3 is 5.97 Å². The summed E-state index contributed by atoms with van der Waals surface area (Å²) in [6.45, 7) is 2.16. The van der Waals surface area contributed by atoms with Crippen LogP contribution in [0.4, 0.5) is 0 Å². The zero-order valence-electron chi connectivity index (χ0n) is 7.49. The molecule has 0 saturated heterocycles. The van der Waals surface area contributed by atoms with Gasteiger partial charge < -0.3 is 5.11 Å². The summed E-state index contributed by atoms with van der Waals surface area (Å²) in [7, 11) is 0. The van der Waals surface area contributed by atoms with E-state index in [0.29, 0.717) is 0 Å². The van der Waals surface area contributed by atoms with Gasteiger partial charge in [0.1, 0.15) is 0 Å². The van der Waals surface area contributed by atoms with Crippen LogP contribution in [-0.4, -0.2) is 11.1 Å². The SMILES string of the molecule is CCCCCC=CC=CC(=O)O. The Balaban J connectivity index is 3.31. The van der Waals surface area contributed by atoms with Crippen LogP contribution in [0.25, 0.3) is 0 Å². The van der Waals surface area contributed by atoms with Crippen molar-refractivity contribution in [2.45, 2.75) is 32.6 Å². The minimum Gasteiger partial charge on any atom is -0.478 e. The third-order valence-electron chi connectivity index (χ3n) is 1.46. The number of carboxylic acids is 1.